The molecular formula is C24H27N3O5S2. The molecule has 0 atom stereocenters. The molecule has 1 fully saturated rings. The van der Waals surface area contributed by atoms with Crippen LogP contribution >= 0.6 is 11.3 Å². The first-order chi connectivity index (χ1) is 16.3. The van der Waals surface area contributed by atoms with Crippen LogP contribution in [-0.4, -0.2) is 49.4 Å². The van der Waals surface area contributed by atoms with Gasteiger partial charge in [-0.05, 0) is 61.7 Å². The van der Waals surface area contributed by atoms with Crippen LogP contribution in [0, 0.1) is 6.92 Å². The maximum Gasteiger partial charge on any atom is 0.325 e. The van der Waals surface area contributed by atoms with Crippen LogP contribution in [0.3, 0.4) is 0 Å². The summed E-state index contributed by atoms with van der Waals surface area (Å²) >= 11 is 1.31. The molecule has 1 aliphatic rings. The number of ether oxygens (including phenoxy) is 1. The quantitative estimate of drug-likeness (QED) is 0.499. The van der Waals surface area contributed by atoms with Gasteiger partial charge in [0.15, 0.2) is 4.80 Å². The van der Waals surface area contributed by atoms with Gasteiger partial charge in [-0.1, -0.05) is 30.2 Å². The summed E-state index contributed by atoms with van der Waals surface area (Å²) in [7, 11) is -2.28. The Morgan fingerprint density at radius 2 is 1.71 bits per heavy atom. The van der Waals surface area contributed by atoms with E-state index in [1.54, 1.807) is 4.57 Å². The van der Waals surface area contributed by atoms with Gasteiger partial charge in [-0.25, -0.2) is 8.42 Å². The summed E-state index contributed by atoms with van der Waals surface area (Å²) in [4.78, 5) is 29.7. The lowest BCUT2D eigenvalue weighted by atomic mass is 10.2. The lowest BCUT2D eigenvalue weighted by molar-refractivity contribution is -0.141. The number of amides is 1. The van der Waals surface area contributed by atoms with Crippen molar-refractivity contribution in [3.8, 4) is 0 Å². The molecule has 0 saturated carbocycles. The van der Waals surface area contributed by atoms with E-state index in [2.05, 4.69) is 4.99 Å². The Labute approximate surface area is 202 Å². The number of carbonyl (C=O) groups is 2. The number of carbonyl (C=O) groups excluding carboxylic acids is 2. The van der Waals surface area contributed by atoms with Gasteiger partial charge in [0.2, 0.25) is 10.0 Å². The third kappa shape index (κ3) is 5.13. The summed E-state index contributed by atoms with van der Waals surface area (Å²) in [5.41, 5.74) is 2.11. The molecule has 0 bridgehead atoms. The molecule has 8 nitrogen and oxygen atoms in total. The number of thiazole rings is 1. The Morgan fingerprint density at radius 3 is 2.35 bits per heavy atom. The van der Waals surface area contributed by atoms with Gasteiger partial charge in [0.25, 0.3) is 5.91 Å². The van der Waals surface area contributed by atoms with Gasteiger partial charge in [0, 0.05) is 18.7 Å². The largest absolute Gasteiger partial charge is 0.468 e. The minimum absolute atomic E-state index is 0.0707. The fourth-order valence-electron chi connectivity index (χ4n) is 3.96. The molecule has 2 aromatic carbocycles. The number of rotatable bonds is 5. The molecule has 0 aliphatic carbocycles. The normalized spacial score (nSPS) is 15.9. The zero-order valence-corrected chi connectivity index (χ0v) is 20.8. The molecule has 0 unspecified atom stereocenters. The SMILES string of the molecule is COC(=O)Cn1c(=NC(=O)c2ccc(S(=O)(=O)N3CCCCCC3)cc2)sc2cc(C)ccc21. The predicted molar refractivity (Wildman–Crippen MR) is 130 cm³/mol. The lowest BCUT2D eigenvalue weighted by Crippen LogP contribution is -2.31. The zero-order valence-electron chi connectivity index (χ0n) is 19.2. The second-order valence-electron chi connectivity index (χ2n) is 8.28. The zero-order chi connectivity index (χ0) is 24.3. The van der Waals surface area contributed by atoms with E-state index in [0.717, 1.165) is 41.5 Å². The number of fused-ring (bicyclic) bond motifs is 1. The average Bonchev–Trinajstić information content (AvgIpc) is 2.99. The number of methoxy groups -OCH3 is 1. The number of benzene rings is 2. The molecule has 1 amide bonds. The summed E-state index contributed by atoms with van der Waals surface area (Å²) in [6.45, 7) is 2.93. The highest BCUT2D eigenvalue weighted by Gasteiger charge is 2.25. The van der Waals surface area contributed by atoms with Crippen molar-refractivity contribution >= 4 is 43.5 Å². The molecule has 3 aromatic rings. The van der Waals surface area contributed by atoms with Gasteiger partial charge in [0.1, 0.15) is 6.54 Å². The second kappa shape index (κ2) is 10.2. The molecule has 1 aliphatic heterocycles. The van der Waals surface area contributed by atoms with Crippen LogP contribution in [0.2, 0.25) is 0 Å². The van der Waals surface area contributed by atoms with E-state index in [1.807, 2.05) is 25.1 Å². The summed E-state index contributed by atoms with van der Waals surface area (Å²) < 4.78 is 34.9. The minimum Gasteiger partial charge on any atom is -0.468 e. The molecule has 1 aromatic heterocycles. The van der Waals surface area contributed by atoms with Gasteiger partial charge in [-0.3, -0.25) is 9.59 Å². The number of sulfonamides is 1. The number of hydrogen-bond acceptors (Lipinski definition) is 6. The maximum atomic E-state index is 13.0. The van der Waals surface area contributed by atoms with Crippen molar-refractivity contribution in [1.29, 1.82) is 0 Å². The van der Waals surface area contributed by atoms with Crippen molar-refractivity contribution in [3.63, 3.8) is 0 Å². The van der Waals surface area contributed by atoms with Crippen molar-refractivity contribution in [2.24, 2.45) is 4.99 Å². The van der Waals surface area contributed by atoms with Crippen LogP contribution in [0.4, 0.5) is 0 Å². The highest BCUT2D eigenvalue weighted by Crippen LogP contribution is 2.22. The highest BCUT2D eigenvalue weighted by atomic mass is 32.2. The van der Waals surface area contributed by atoms with E-state index in [4.69, 9.17) is 4.74 Å². The Bertz CT molecular complexity index is 1380. The van der Waals surface area contributed by atoms with E-state index in [-0.39, 0.29) is 17.0 Å². The highest BCUT2D eigenvalue weighted by molar-refractivity contribution is 7.89. The van der Waals surface area contributed by atoms with E-state index in [1.165, 1.54) is 47.0 Å². The van der Waals surface area contributed by atoms with Crippen molar-refractivity contribution in [1.82, 2.24) is 8.87 Å². The van der Waals surface area contributed by atoms with Gasteiger partial charge < -0.3 is 9.30 Å². The lowest BCUT2D eigenvalue weighted by Gasteiger charge is -2.19. The third-order valence-electron chi connectivity index (χ3n) is 5.85. The number of aryl methyl sites for hydroxylation is 1. The molecule has 0 radical (unpaired) electrons. The summed E-state index contributed by atoms with van der Waals surface area (Å²) in [5.74, 6) is -0.960. The van der Waals surface area contributed by atoms with Gasteiger partial charge in [0.05, 0.1) is 22.2 Å². The third-order valence-corrected chi connectivity index (χ3v) is 8.81. The van der Waals surface area contributed by atoms with E-state index in [0.29, 0.717) is 17.9 Å². The Kier molecular flexibility index (Phi) is 7.30. The van der Waals surface area contributed by atoms with Crippen molar-refractivity contribution in [2.45, 2.75) is 44.0 Å². The number of aromatic nitrogens is 1. The van der Waals surface area contributed by atoms with E-state index >= 15 is 0 Å². The topological polar surface area (TPSA) is 98.0 Å². The van der Waals surface area contributed by atoms with Crippen LogP contribution in [0.5, 0.6) is 0 Å². The molecule has 10 heteroatoms. The van der Waals surface area contributed by atoms with Crippen LogP contribution < -0.4 is 4.80 Å². The summed E-state index contributed by atoms with van der Waals surface area (Å²) in [6, 6.07) is 11.7. The van der Waals surface area contributed by atoms with E-state index in [9.17, 15) is 18.0 Å². The van der Waals surface area contributed by atoms with Crippen molar-refractivity contribution in [2.75, 3.05) is 20.2 Å². The fraction of sp³-hybridized carbons (Fsp3) is 0.375. The smallest absolute Gasteiger partial charge is 0.325 e. The fourth-order valence-corrected chi connectivity index (χ4v) is 6.61. The molecule has 0 spiro atoms. The first-order valence-electron chi connectivity index (χ1n) is 11.2. The number of esters is 1. The summed E-state index contributed by atoms with van der Waals surface area (Å²) in [5, 5.41) is 0. The standard InChI is InChI=1S/C24H27N3O5S2/c1-17-7-12-20-21(15-17)33-24(27(20)16-22(28)32-2)25-23(29)18-8-10-19(11-9-18)34(30,31)26-13-5-3-4-6-14-26/h7-12,15H,3-6,13-14,16H2,1-2H3. The second-order valence-corrected chi connectivity index (χ2v) is 11.2. The van der Waals surface area contributed by atoms with Crippen LogP contribution in [0.25, 0.3) is 10.2 Å². The van der Waals surface area contributed by atoms with Crippen LogP contribution in [-0.2, 0) is 26.1 Å². The number of nitrogens with zero attached hydrogens (tertiary/aromatic N) is 3. The van der Waals surface area contributed by atoms with Crippen molar-refractivity contribution < 1.29 is 22.7 Å². The van der Waals surface area contributed by atoms with Crippen molar-refractivity contribution in [3.05, 3.63) is 58.4 Å². The first kappa shape index (κ1) is 24.3. The Morgan fingerprint density at radius 1 is 1.03 bits per heavy atom. The molecule has 0 N–H and O–H groups in total. The van der Waals surface area contributed by atoms with Gasteiger partial charge >= 0.3 is 5.97 Å². The molecule has 2 heterocycles. The molecular weight excluding hydrogens is 474 g/mol. The molecule has 34 heavy (non-hydrogen) atoms. The Balaban J connectivity index is 1.65. The average molecular weight is 502 g/mol. The van der Waals surface area contributed by atoms with Gasteiger partial charge in [-0.15, -0.1) is 0 Å². The summed E-state index contributed by atoms with van der Waals surface area (Å²) in [6.07, 6.45) is 3.78. The Hall–Kier alpha value is -2.82. The molecule has 1 saturated heterocycles. The predicted octanol–water partition coefficient (Wildman–Crippen LogP) is 3.49. The number of hydrogen-bond donors (Lipinski definition) is 0. The monoisotopic (exact) mass is 501 g/mol. The van der Waals surface area contributed by atoms with Crippen LogP contribution in [0.15, 0.2) is 52.4 Å². The molecule has 180 valence electrons. The minimum atomic E-state index is -3.59. The van der Waals surface area contributed by atoms with Gasteiger partial charge in [-0.2, -0.15) is 9.30 Å². The molecule has 4 rings (SSSR count). The first-order valence-corrected chi connectivity index (χ1v) is 13.4. The van der Waals surface area contributed by atoms with Crippen LogP contribution in [0.1, 0.15) is 41.6 Å². The maximum absolute atomic E-state index is 13.0. The van der Waals surface area contributed by atoms with E-state index < -0.39 is 21.9 Å².